The molecule has 1 saturated heterocycles. The molecule has 0 saturated carbocycles. The number of aliphatic hydroxyl groups excluding tert-OH is 1. The lowest BCUT2D eigenvalue weighted by Gasteiger charge is -2.26. The number of nitrogens with one attached hydrogen (secondary N) is 1. The first-order chi connectivity index (χ1) is 5.72. The van der Waals surface area contributed by atoms with Crippen molar-refractivity contribution in [2.24, 2.45) is 0 Å². The Morgan fingerprint density at radius 1 is 1.83 bits per heavy atom. The maximum Gasteiger partial charge on any atom is 0.332 e. The minimum absolute atomic E-state index is 0.104. The van der Waals surface area contributed by atoms with E-state index < -0.39 is 5.97 Å². The van der Waals surface area contributed by atoms with Crippen LogP contribution in [0.5, 0.6) is 0 Å². The monoisotopic (exact) mass is 171 g/mol. The molecular formula is C8H13NO3. The summed E-state index contributed by atoms with van der Waals surface area (Å²) in [6, 6.07) is 0. The summed E-state index contributed by atoms with van der Waals surface area (Å²) in [6.45, 7) is 2.48. The third kappa shape index (κ3) is 2.64. The number of esters is 1. The number of carbonyl (C=O) groups is 1. The number of rotatable bonds is 3. The summed E-state index contributed by atoms with van der Waals surface area (Å²) < 4.78 is 4.92. The van der Waals surface area contributed by atoms with Crippen molar-refractivity contribution in [3.8, 4) is 0 Å². The standard InChI is InChI=1S/C8H13NO3/c1-6(5-10)4-8(11)12-7-2-3-9-7/h4,7,9-10H,2-3,5H2,1H3. The molecule has 0 aromatic carbocycles. The van der Waals surface area contributed by atoms with Gasteiger partial charge in [-0.1, -0.05) is 0 Å². The lowest BCUT2D eigenvalue weighted by molar-refractivity contribution is -0.148. The highest BCUT2D eigenvalue weighted by Gasteiger charge is 2.19. The van der Waals surface area contributed by atoms with Gasteiger partial charge in [0, 0.05) is 19.0 Å². The molecule has 0 aromatic heterocycles. The van der Waals surface area contributed by atoms with Crippen LogP contribution in [0.15, 0.2) is 11.6 Å². The smallest absolute Gasteiger partial charge is 0.332 e. The second-order valence-corrected chi connectivity index (χ2v) is 2.82. The molecule has 0 bridgehead atoms. The number of aliphatic hydroxyl groups is 1. The Labute approximate surface area is 71.2 Å². The van der Waals surface area contributed by atoms with Crippen LogP contribution < -0.4 is 5.32 Å². The van der Waals surface area contributed by atoms with Crippen LogP contribution in [-0.4, -0.2) is 30.5 Å². The average Bonchev–Trinajstić information content (AvgIpc) is 1.97. The van der Waals surface area contributed by atoms with Gasteiger partial charge in [0.25, 0.3) is 0 Å². The number of ether oxygens (including phenoxy) is 1. The van der Waals surface area contributed by atoms with Crippen LogP contribution >= 0.6 is 0 Å². The van der Waals surface area contributed by atoms with Gasteiger partial charge in [0.05, 0.1) is 6.61 Å². The number of hydrogen-bond donors (Lipinski definition) is 2. The van der Waals surface area contributed by atoms with Crippen LogP contribution in [-0.2, 0) is 9.53 Å². The molecule has 1 aliphatic heterocycles. The molecule has 1 atom stereocenters. The van der Waals surface area contributed by atoms with Crippen LogP contribution in [0.1, 0.15) is 13.3 Å². The molecule has 0 amide bonds. The quantitative estimate of drug-likeness (QED) is 0.455. The van der Waals surface area contributed by atoms with Gasteiger partial charge in [0.1, 0.15) is 0 Å². The first kappa shape index (κ1) is 9.22. The van der Waals surface area contributed by atoms with Gasteiger partial charge in [0.15, 0.2) is 6.23 Å². The van der Waals surface area contributed by atoms with Gasteiger partial charge in [-0.2, -0.15) is 0 Å². The topological polar surface area (TPSA) is 58.6 Å². The highest BCUT2D eigenvalue weighted by atomic mass is 16.6. The fourth-order valence-electron chi connectivity index (χ4n) is 0.784. The Kier molecular flexibility index (Phi) is 3.25. The zero-order chi connectivity index (χ0) is 8.97. The fourth-order valence-corrected chi connectivity index (χ4v) is 0.784. The molecule has 0 aliphatic carbocycles. The van der Waals surface area contributed by atoms with Crippen molar-refractivity contribution in [1.29, 1.82) is 0 Å². The number of hydrogen-bond acceptors (Lipinski definition) is 4. The molecule has 1 unspecified atom stereocenters. The van der Waals surface area contributed by atoms with Crippen molar-refractivity contribution in [3.63, 3.8) is 0 Å². The molecule has 0 spiro atoms. The summed E-state index contributed by atoms with van der Waals surface area (Å²) in [5, 5.41) is 11.5. The van der Waals surface area contributed by atoms with Gasteiger partial charge in [-0.15, -0.1) is 0 Å². The summed E-state index contributed by atoms with van der Waals surface area (Å²) >= 11 is 0. The zero-order valence-corrected chi connectivity index (χ0v) is 7.04. The van der Waals surface area contributed by atoms with Crippen molar-refractivity contribution in [2.75, 3.05) is 13.2 Å². The minimum Gasteiger partial charge on any atom is -0.443 e. The number of carbonyl (C=O) groups excluding carboxylic acids is 1. The first-order valence-electron chi connectivity index (χ1n) is 3.94. The molecule has 1 fully saturated rings. The van der Waals surface area contributed by atoms with Crippen LogP contribution in [0.3, 0.4) is 0 Å². The Hall–Kier alpha value is -0.870. The summed E-state index contributed by atoms with van der Waals surface area (Å²) in [4.78, 5) is 11.0. The predicted molar refractivity (Wildman–Crippen MR) is 43.3 cm³/mol. The van der Waals surface area contributed by atoms with E-state index >= 15 is 0 Å². The van der Waals surface area contributed by atoms with Crippen molar-refractivity contribution in [2.45, 2.75) is 19.6 Å². The van der Waals surface area contributed by atoms with Crippen molar-refractivity contribution in [3.05, 3.63) is 11.6 Å². The van der Waals surface area contributed by atoms with Crippen molar-refractivity contribution in [1.82, 2.24) is 5.32 Å². The van der Waals surface area contributed by atoms with E-state index in [1.54, 1.807) is 6.92 Å². The molecule has 1 aliphatic rings. The predicted octanol–water partition coefficient (Wildman–Crippen LogP) is -0.212. The van der Waals surface area contributed by atoms with Gasteiger partial charge < -0.3 is 9.84 Å². The lowest BCUT2D eigenvalue weighted by atomic mass is 10.2. The molecular weight excluding hydrogens is 158 g/mol. The zero-order valence-electron chi connectivity index (χ0n) is 7.04. The second kappa shape index (κ2) is 4.23. The van der Waals surface area contributed by atoms with Gasteiger partial charge in [-0.05, 0) is 12.5 Å². The molecule has 4 heteroatoms. The Bertz CT molecular complexity index is 196. The molecule has 1 rings (SSSR count). The highest BCUT2D eigenvalue weighted by molar-refractivity contribution is 5.82. The molecule has 2 N–H and O–H groups in total. The minimum atomic E-state index is -0.390. The summed E-state index contributed by atoms with van der Waals surface area (Å²) in [7, 11) is 0. The molecule has 0 aromatic rings. The van der Waals surface area contributed by atoms with Crippen LogP contribution in [0.2, 0.25) is 0 Å². The summed E-state index contributed by atoms with van der Waals surface area (Å²) in [5.41, 5.74) is 0.610. The van der Waals surface area contributed by atoms with Crippen LogP contribution in [0.4, 0.5) is 0 Å². The molecule has 12 heavy (non-hydrogen) atoms. The van der Waals surface area contributed by atoms with Gasteiger partial charge >= 0.3 is 5.97 Å². The van der Waals surface area contributed by atoms with E-state index in [0.29, 0.717) is 5.57 Å². The second-order valence-electron chi connectivity index (χ2n) is 2.82. The van der Waals surface area contributed by atoms with Crippen molar-refractivity contribution < 1.29 is 14.6 Å². The Morgan fingerprint density at radius 3 is 2.92 bits per heavy atom. The molecule has 1 heterocycles. The maximum absolute atomic E-state index is 11.0. The molecule has 0 radical (unpaired) electrons. The van der Waals surface area contributed by atoms with Crippen LogP contribution in [0, 0.1) is 0 Å². The van der Waals surface area contributed by atoms with E-state index in [0.717, 1.165) is 13.0 Å². The third-order valence-electron chi connectivity index (χ3n) is 1.65. The van der Waals surface area contributed by atoms with E-state index in [9.17, 15) is 4.79 Å². The van der Waals surface area contributed by atoms with Crippen LogP contribution in [0.25, 0.3) is 0 Å². The Balaban J connectivity index is 2.27. The maximum atomic E-state index is 11.0. The van der Waals surface area contributed by atoms with Gasteiger partial charge in [-0.25, -0.2) is 4.79 Å². The largest absolute Gasteiger partial charge is 0.443 e. The SMILES string of the molecule is CC(=CC(=O)OC1CCN1)CO. The third-order valence-corrected chi connectivity index (χ3v) is 1.65. The molecule has 68 valence electrons. The average molecular weight is 171 g/mol. The fraction of sp³-hybridized carbons (Fsp3) is 0.625. The van der Waals surface area contributed by atoms with E-state index in [1.165, 1.54) is 6.08 Å². The van der Waals surface area contributed by atoms with Gasteiger partial charge in [-0.3, -0.25) is 5.32 Å². The lowest BCUT2D eigenvalue weighted by Crippen LogP contribution is -2.45. The summed E-state index contributed by atoms with van der Waals surface area (Å²) in [6.07, 6.45) is 2.05. The van der Waals surface area contributed by atoms with E-state index in [4.69, 9.17) is 9.84 Å². The molecule has 4 nitrogen and oxygen atoms in total. The first-order valence-corrected chi connectivity index (χ1v) is 3.94. The highest BCUT2D eigenvalue weighted by Crippen LogP contribution is 2.04. The Morgan fingerprint density at radius 2 is 2.50 bits per heavy atom. The normalized spacial score (nSPS) is 23.2. The van der Waals surface area contributed by atoms with E-state index in [1.807, 2.05) is 0 Å². The van der Waals surface area contributed by atoms with E-state index in [2.05, 4.69) is 5.32 Å². The van der Waals surface area contributed by atoms with E-state index in [-0.39, 0.29) is 12.8 Å². The van der Waals surface area contributed by atoms with Crippen molar-refractivity contribution >= 4 is 5.97 Å². The summed E-state index contributed by atoms with van der Waals surface area (Å²) in [5.74, 6) is -0.390. The van der Waals surface area contributed by atoms with Gasteiger partial charge in [0.2, 0.25) is 0 Å².